The Labute approximate surface area is 124 Å². The first-order chi connectivity index (χ1) is 9.43. The SMILES string of the molecule is CC(CC(NN)c1ccccc1C1CCC1)C(C)(C)C. The third-order valence-electron chi connectivity index (χ3n) is 5.19. The molecule has 2 nitrogen and oxygen atoms in total. The molecule has 0 radical (unpaired) electrons. The van der Waals surface area contributed by atoms with E-state index in [1.165, 1.54) is 30.4 Å². The summed E-state index contributed by atoms with van der Waals surface area (Å²) in [5, 5.41) is 0. The summed E-state index contributed by atoms with van der Waals surface area (Å²) in [7, 11) is 0. The zero-order valence-electron chi connectivity index (χ0n) is 13.4. The summed E-state index contributed by atoms with van der Waals surface area (Å²) in [5.41, 5.74) is 6.31. The van der Waals surface area contributed by atoms with Gasteiger partial charge in [0.25, 0.3) is 0 Å². The van der Waals surface area contributed by atoms with Gasteiger partial charge in [-0.15, -0.1) is 0 Å². The van der Waals surface area contributed by atoms with Gasteiger partial charge in [0.2, 0.25) is 0 Å². The second-order valence-electron chi connectivity index (χ2n) is 7.48. The smallest absolute Gasteiger partial charge is 0.0465 e. The summed E-state index contributed by atoms with van der Waals surface area (Å²) >= 11 is 0. The van der Waals surface area contributed by atoms with E-state index in [1.54, 1.807) is 0 Å². The van der Waals surface area contributed by atoms with E-state index in [2.05, 4.69) is 57.4 Å². The largest absolute Gasteiger partial charge is 0.271 e. The number of hydrogen-bond acceptors (Lipinski definition) is 2. The minimum Gasteiger partial charge on any atom is -0.271 e. The highest BCUT2D eigenvalue weighted by atomic mass is 15.2. The van der Waals surface area contributed by atoms with E-state index in [-0.39, 0.29) is 6.04 Å². The van der Waals surface area contributed by atoms with Crippen molar-refractivity contribution in [3.8, 4) is 0 Å². The van der Waals surface area contributed by atoms with E-state index in [0.717, 1.165) is 12.3 Å². The Morgan fingerprint density at radius 1 is 1.25 bits per heavy atom. The average molecular weight is 274 g/mol. The highest BCUT2D eigenvalue weighted by Gasteiger charge is 2.28. The molecule has 0 aromatic heterocycles. The normalized spacial score (nSPS) is 19.4. The molecule has 2 unspecified atom stereocenters. The molecule has 0 heterocycles. The lowest BCUT2D eigenvalue weighted by Gasteiger charge is -2.34. The molecule has 112 valence electrons. The lowest BCUT2D eigenvalue weighted by Crippen LogP contribution is -2.33. The van der Waals surface area contributed by atoms with Crippen LogP contribution >= 0.6 is 0 Å². The average Bonchev–Trinajstić information content (AvgIpc) is 2.33. The van der Waals surface area contributed by atoms with Crippen molar-refractivity contribution in [2.45, 2.75) is 65.3 Å². The Morgan fingerprint density at radius 2 is 1.90 bits per heavy atom. The third-order valence-corrected chi connectivity index (χ3v) is 5.19. The summed E-state index contributed by atoms with van der Waals surface area (Å²) in [6.45, 7) is 9.26. The Morgan fingerprint density at radius 3 is 2.40 bits per heavy atom. The van der Waals surface area contributed by atoms with Gasteiger partial charge in [0.1, 0.15) is 0 Å². The lowest BCUT2D eigenvalue weighted by atomic mass is 9.74. The van der Waals surface area contributed by atoms with Gasteiger partial charge in [-0.05, 0) is 47.6 Å². The molecule has 2 heteroatoms. The van der Waals surface area contributed by atoms with E-state index in [1.807, 2.05) is 0 Å². The minimum atomic E-state index is 0.265. The summed E-state index contributed by atoms with van der Waals surface area (Å²) in [5.74, 6) is 7.25. The predicted molar refractivity (Wildman–Crippen MR) is 86.3 cm³/mol. The van der Waals surface area contributed by atoms with Crippen LogP contribution in [0.4, 0.5) is 0 Å². The molecule has 0 bridgehead atoms. The number of nitrogens with one attached hydrogen (secondary N) is 1. The first-order valence-electron chi connectivity index (χ1n) is 7.98. The fourth-order valence-electron chi connectivity index (χ4n) is 2.91. The fraction of sp³-hybridized carbons (Fsp3) is 0.667. The second-order valence-corrected chi connectivity index (χ2v) is 7.48. The molecule has 0 saturated heterocycles. The molecule has 1 aromatic rings. The van der Waals surface area contributed by atoms with Gasteiger partial charge in [0.15, 0.2) is 0 Å². The maximum Gasteiger partial charge on any atom is 0.0465 e. The van der Waals surface area contributed by atoms with Crippen molar-refractivity contribution in [3.05, 3.63) is 35.4 Å². The molecule has 0 aliphatic heterocycles. The van der Waals surface area contributed by atoms with Gasteiger partial charge < -0.3 is 0 Å². The second kappa shape index (κ2) is 6.28. The van der Waals surface area contributed by atoms with Crippen LogP contribution in [0.3, 0.4) is 0 Å². The summed E-state index contributed by atoms with van der Waals surface area (Å²) in [4.78, 5) is 0. The molecule has 1 aliphatic rings. The molecule has 1 aromatic carbocycles. The molecule has 0 amide bonds. The highest BCUT2D eigenvalue weighted by Crippen LogP contribution is 2.41. The molecule has 0 spiro atoms. The maximum absolute atomic E-state index is 5.87. The van der Waals surface area contributed by atoms with Crippen LogP contribution in [0.25, 0.3) is 0 Å². The summed E-state index contributed by atoms with van der Waals surface area (Å²) < 4.78 is 0. The van der Waals surface area contributed by atoms with Crippen molar-refractivity contribution in [2.75, 3.05) is 0 Å². The van der Waals surface area contributed by atoms with Crippen molar-refractivity contribution in [2.24, 2.45) is 17.2 Å². The number of nitrogens with two attached hydrogens (primary N) is 1. The van der Waals surface area contributed by atoms with E-state index < -0.39 is 0 Å². The molecule has 20 heavy (non-hydrogen) atoms. The molecular weight excluding hydrogens is 244 g/mol. The van der Waals surface area contributed by atoms with Crippen LogP contribution in [0, 0.1) is 11.3 Å². The van der Waals surface area contributed by atoms with Gasteiger partial charge in [-0.25, -0.2) is 0 Å². The van der Waals surface area contributed by atoms with Crippen LogP contribution in [-0.4, -0.2) is 0 Å². The quantitative estimate of drug-likeness (QED) is 0.611. The van der Waals surface area contributed by atoms with Gasteiger partial charge >= 0.3 is 0 Å². The van der Waals surface area contributed by atoms with Crippen molar-refractivity contribution in [3.63, 3.8) is 0 Å². The van der Waals surface area contributed by atoms with Crippen LogP contribution < -0.4 is 11.3 Å². The Bertz CT molecular complexity index is 429. The van der Waals surface area contributed by atoms with Crippen molar-refractivity contribution < 1.29 is 0 Å². The van der Waals surface area contributed by atoms with Gasteiger partial charge in [-0.2, -0.15) is 0 Å². The van der Waals surface area contributed by atoms with Crippen LogP contribution in [0.15, 0.2) is 24.3 Å². The van der Waals surface area contributed by atoms with Crippen molar-refractivity contribution in [1.29, 1.82) is 0 Å². The zero-order chi connectivity index (χ0) is 14.8. The van der Waals surface area contributed by atoms with Crippen molar-refractivity contribution >= 4 is 0 Å². The zero-order valence-corrected chi connectivity index (χ0v) is 13.4. The molecule has 1 saturated carbocycles. The number of hydrogen-bond donors (Lipinski definition) is 2. The maximum atomic E-state index is 5.87. The monoisotopic (exact) mass is 274 g/mol. The van der Waals surface area contributed by atoms with Crippen LogP contribution in [0.5, 0.6) is 0 Å². The third kappa shape index (κ3) is 3.42. The van der Waals surface area contributed by atoms with E-state index in [9.17, 15) is 0 Å². The topological polar surface area (TPSA) is 38.0 Å². The standard InChI is InChI=1S/C18H30N2/c1-13(18(2,3)4)12-17(20-19)16-11-6-5-10-15(16)14-8-7-9-14/h5-6,10-11,13-14,17,20H,7-9,12,19H2,1-4H3. The van der Waals surface area contributed by atoms with E-state index in [0.29, 0.717) is 11.3 Å². The molecular formula is C18H30N2. The molecule has 3 N–H and O–H groups in total. The molecule has 1 fully saturated rings. The highest BCUT2D eigenvalue weighted by molar-refractivity contribution is 5.34. The summed E-state index contributed by atoms with van der Waals surface area (Å²) in [6, 6.07) is 9.13. The Hall–Kier alpha value is -0.860. The van der Waals surface area contributed by atoms with Gasteiger partial charge in [0.05, 0.1) is 0 Å². The van der Waals surface area contributed by atoms with Crippen molar-refractivity contribution in [1.82, 2.24) is 5.43 Å². The first-order valence-corrected chi connectivity index (χ1v) is 7.98. The Balaban J connectivity index is 2.19. The van der Waals surface area contributed by atoms with Gasteiger partial charge in [0, 0.05) is 6.04 Å². The fourth-order valence-corrected chi connectivity index (χ4v) is 2.91. The number of rotatable bonds is 5. The first kappa shape index (κ1) is 15.5. The van der Waals surface area contributed by atoms with Crippen LogP contribution in [0.1, 0.15) is 76.5 Å². The number of benzene rings is 1. The molecule has 2 atom stereocenters. The van der Waals surface area contributed by atoms with Gasteiger partial charge in [-0.1, -0.05) is 58.4 Å². The van der Waals surface area contributed by atoms with Crippen LogP contribution in [0.2, 0.25) is 0 Å². The minimum absolute atomic E-state index is 0.265. The molecule has 2 rings (SSSR count). The Kier molecular flexibility index (Phi) is 4.87. The van der Waals surface area contributed by atoms with E-state index >= 15 is 0 Å². The molecule has 1 aliphatic carbocycles. The lowest BCUT2D eigenvalue weighted by molar-refractivity contribution is 0.222. The van der Waals surface area contributed by atoms with Crippen LogP contribution in [-0.2, 0) is 0 Å². The predicted octanol–water partition coefficient (Wildman–Crippen LogP) is 4.53. The van der Waals surface area contributed by atoms with Gasteiger partial charge in [-0.3, -0.25) is 11.3 Å². The summed E-state index contributed by atoms with van der Waals surface area (Å²) in [6.07, 6.45) is 5.13. The number of hydrazine groups is 1. The van der Waals surface area contributed by atoms with E-state index in [4.69, 9.17) is 5.84 Å².